The molecule has 1 atom stereocenters. The van der Waals surface area contributed by atoms with Crippen molar-refractivity contribution in [2.75, 3.05) is 19.8 Å². The lowest BCUT2D eigenvalue weighted by Crippen LogP contribution is -2.54. The number of nitrogens with one attached hydrogen (secondary N) is 1. The molecule has 20 heavy (non-hydrogen) atoms. The van der Waals surface area contributed by atoms with Crippen LogP contribution in [0.1, 0.15) is 27.2 Å². The van der Waals surface area contributed by atoms with Crippen LogP contribution in [0.5, 0.6) is 0 Å². The van der Waals surface area contributed by atoms with Crippen LogP contribution in [0.3, 0.4) is 0 Å². The highest BCUT2D eigenvalue weighted by Crippen LogP contribution is 2.18. The van der Waals surface area contributed by atoms with Crippen molar-refractivity contribution in [1.29, 1.82) is 0 Å². The molecule has 1 aliphatic rings. The van der Waals surface area contributed by atoms with E-state index in [1.54, 1.807) is 20.8 Å². The Morgan fingerprint density at radius 2 is 2.00 bits per heavy atom. The van der Waals surface area contributed by atoms with E-state index >= 15 is 0 Å². The third kappa shape index (κ3) is 4.66. The molecule has 8 heteroatoms. The molecule has 1 rings (SSSR count). The quantitative estimate of drug-likeness (QED) is 0.790. The maximum atomic E-state index is 12.2. The molecule has 0 aliphatic carbocycles. The molecule has 1 heterocycles. The van der Waals surface area contributed by atoms with Crippen LogP contribution >= 0.6 is 0 Å². The molecule has 0 saturated carbocycles. The van der Waals surface area contributed by atoms with Crippen LogP contribution in [-0.2, 0) is 14.3 Å². The van der Waals surface area contributed by atoms with Crippen molar-refractivity contribution < 1.29 is 27.5 Å². The second-order valence-electron chi connectivity index (χ2n) is 5.39. The molecule has 1 N–H and O–H groups in total. The average molecular weight is 296 g/mol. The van der Waals surface area contributed by atoms with Gasteiger partial charge in [0.1, 0.15) is 12.1 Å². The lowest BCUT2D eigenvalue weighted by Gasteiger charge is -2.31. The number of amides is 2. The van der Waals surface area contributed by atoms with Crippen molar-refractivity contribution in [1.82, 2.24) is 10.2 Å². The van der Waals surface area contributed by atoms with Crippen LogP contribution in [0, 0.1) is 0 Å². The summed E-state index contributed by atoms with van der Waals surface area (Å²) < 4.78 is 40.4. The van der Waals surface area contributed by atoms with Crippen molar-refractivity contribution in [3.8, 4) is 0 Å². The van der Waals surface area contributed by atoms with Crippen LogP contribution in [0.2, 0.25) is 0 Å². The van der Waals surface area contributed by atoms with Gasteiger partial charge in [-0.2, -0.15) is 13.2 Å². The first-order valence-electron chi connectivity index (χ1n) is 6.29. The molecule has 116 valence electrons. The van der Waals surface area contributed by atoms with Gasteiger partial charge in [-0.1, -0.05) is 0 Å². The molecule has 1 fully saturated rings. The topological polar surface area (TPSA) is 58.6 Å². The van der Waals surface area contributed by atoms with Crippen LogP contribution < -0.4 is 5.32 Å². The van der Waals surface area contributed by atoms with Gasteiger partial charge in [0.15, 0.2) is 0 Å². The highest BCUT2D eigenvalue weighted by Gasteiger charge is 2.39. The van der Waals surface area contributed by atoms with E-state index in [0.29, 0.717) is 0 Å². The van der Waals surface area contributed by atoms with Gasteiger partial charge in [0, 0.05) is 19.0 Å². The van der Waals surface area contributed by atoms with Gasteiger partial charge in [-0.05, 0) is 20.8 Å². The number of nitrogens with zero attached hydrogens (tertiary/aromatic N) is 1. The minimum Gasteiger partial charge on any atom is -0.370 e. The fraction of sp³-hybridized carbons (Fsp3) is 0.833. The van der Waals surface area contributed by atoms with E-state index in [1.165, 1.54) is 4.90 Å². The second kappa shape index (κ2) is 5.99. The van der Waals surface area contributed by atoms with Crippen molar-refractivity contribution in [2.45, 2.75) is 44.9 Å². The Balaban J connectivity index is 2.61. The van der Waals surface area contributed by atoms with Crippen LogP contribution in [0.15, 0.2) is 0 Å². The highest BCUT2D eigenvalue weighted by atomic mass is 19.4. The van der Waals surface area contributed by atoms with Crippen LogP contribution in [0.25, 0.3) is 0 Å². The van der Waals surface area contributed by atoms with Crippen LogP contribution in [-0.4, -0.2) is 54.2 Å². The van der Waals surface area contributed by atoms with E-state index in [4.69, 9.17) is 0 Å². The minimum absolute atomic E-state index is 0.0223. The van der Waals surface area contributed by atoms with E-state index in [0.717, 1.165) is 0 Å². The van der Waals surface area contributed by atoms with Gasteiger partial charge in [-0.15, -0.1) is 0 Å². The lowest BCUT2D eigenvalue weighted by molar-refractivity contribution is -0.175. The predicted octanol–water partition coefficient (Wildman–Crippen LogP) is 1.08. The molecule has 0 aromatic heterocycles. The summed E-state index contributed by atoms with van der Waals surface area (Å²) in [5.41, 5.74) is -1.06. The molecular formula is C12H19F3N2O3. The number of hydrogen-bond acceptors (Lipinski definition) is 3. The summed E-state index contributed by atoms with van der Waals surface area (Å²) in [6.45, 7) is 3.27. The van der Waals surface area contributed by atoms with Gasteiger partial charge < -0.3 is 15.0 Å². The van der Waals surface area contributed by atoms with Gasteiger partial charge in [0.2, 0.25) is 11.8 Å². The Kier molecular flexibility index (Phi) is 5.01. The summed E-state index contributed by atoms with van der Waals surface area (Å²) in [6, 6.07) is -0.376. The number of alkyl halides is 3. The zero-order valence-corrected chi connectivity index (χ0v) is 11.7. The van der Waals surface area contributed by atoms with Crippen molar-refractivity contribution >= 4 is 11.8 Å². The monoisotopic (exact) mass is 296 g/mol. The largest absolute Gasteiger partial charge is 0.411 e. The Morgan fingerprint density at radius 3 is 2.55 bits per heavy atom. The maximum Gasteiger partial charge on any atom is 0.411 e. The fourth-order valence-electron chi connectivity index (χ4n) is 2.06. The number of carbonyl (C=O) groups excluding carboxylic acids is 2. The minimum atomic E-state index is -4.38. The maximum absolute atomic E-state index is 12.2. The smallest absolute Gasteiger partial charge is 0.370 e. The molecule has 0 aromatic rings. The first kappa shape index (κ1) is 16.7. The highest BCUT2D eigenvalue weighted by molar-refractivity contribution is 5.93. The normalized spacial score (nSPS) is 23.5. The molecule has 1 saturated heterocycles. The van der Waals surface area contributed by atoms with E-state index in [1.807, 2.05) is 0 Å². The fourth-order valence-corrected chi connectivity index (χ4v) is 2.06. The molecule has 5 nitrogen and oxygen atoms in total. The summed E-state index contributed by atoms with van der Waals surface area (Å²) in [5.74, 6) is -0.582. The summed E-state index contributed by atoms with van der Waals surface area (Å²) >= 11 is 0. The molecule has 0 aromatic carbocycles. The van der Waals surface area contributed by atoms with E-state index in [-0.39, 0.29) is 37.4 Å². The molecule has 1 unspecified atom stereocenters. The van der Waals surface area contributed by atoms with E-state index < -0.39 is 18.3 Å². The summed E-state index contributed by atoms with van der Waals surface area (Å²) in [4.78, 5) is 25.2. The third-order valence-corrected chi connectivity index (χ3v) is 3.00. The Hall–Kier alpha value is -1.31. The summed E-state index contributed by atoms with van der Waals surface area (Å²) in [7, 11) is 0. The van der Waals surface area contributed by atoms with E-state index in [9.17, 15) is 22.8 Å². The molecule has 2 amide bonds. The van der Waals surface area contributed by atoms with E-state index in [2.05, 4.69) is 10.1 Å². The summed E-state index contributed by atoms with van der Waals surface area (Å²) in [6.07, 6.45) is -4.26. The Morgan fingerprint density at radius 1 is 1.40 bits per heavy atom. The van der Waals surface area contributed by atoms with Gasteiger partial charge in [0.05, 0.1) is 6.61 Å². The molecule has 0 spiro atoms. The van der Waals surface area contributed by atoms with Gasteiger partial charge in [-0.25, -0.2) is 0 Å². The van der Waals surface area contributed by atoms with Crippen LogP contribution in [0.4, 0.5) is 13.2 Å². The molecule has 1 aliphatic heterocycles. The number of ether oxygens (including phenoxy) is 1. The first-order chi connectivity index (χ1) is 9.03. The molecule has 0 bridgehead atoms. The zero-order valence-electron chi connectivity index (χ0n) is 11.7. The lowest BCUT2D eigenvalue weighted by atomic mass is 10.0. The van der Waals surface area contributed by atoms with Gasteiger partial charge in [0.25, 0.3) is 0 Å². The average Bonchev–Trinajstić information content (AvgIpc) is 2.31. The first-order valence-corrected chi connectivity index (χ1v) is 6.29. The number of halogens is 3. The standard InChI is InChI=1S/C12H19F3N2O3/c1-8-6-9(18)16-11(2,3)10(19)17(8)4-5-20-7-12(13,14)15/h8H,4-7H2,1-3H3,(H,16,18). The third-order valence-electron chi connectivity index (χ3n) is 3.00. The Labute approximate surface area is 115 Å². The summed E-state index contributed by atoms with van der Waals surface area (Å²) in [5, 5.41) is 2.59. The number of rotatable bonds is 4. The second-order valence-corrected chi connectivity index (χ2v) is 5.39. The number of hydrogen-bond donors (Lipinski definition) is 1. The predicted molar refractivity (Wildman–Crippen MR) is 64.9 cm³/mol. The van der Waals surface area contributed by atoms with Gasteiger partial charge >= 0.3 is 6.18 Å². The van der Waals surface area contributed by atoms with Crippen molar-refractivity contribution in [3.05, 3.63) is 0 Å². The van der Waals surface area contributed by atoms with Crippen molar-refractivity contribution in [2.24, 2.45) is 0 Å². The molecule has 0 radical (unpaired) electrons. The number of carbonyl (C=O) groups is 2. The van der Waals surface area contributed by atoms with Crippen molar-refractivity contribution in [3.63, 3.8) is 0 Å². The SMILES string of the molecule is CC1CC(=O)NC(C)(C)C(=O)N1CCOCC(F)(F)F. The molecular weight excluding hydrogens is 277 g/mol. The Bertz CT molecular complexity index is 383. The zero-order chi connectivity index (χ0) is 15.6. The van der Waals surface area contributed by atoms with Gasteiger partial charge in [-0.3, -0.25) is 9.59 Å².